The second-order valence-corrected chi connectivity index (χ2v) is 7.10. The van der Waals surface area contributed by atoms with Gasteiger partial charge in [-0.25, -0.2) is 4.68 Å². The summed E-state index contributed by atoms with van der Waals surface area (Å²) < 4.78 is 1.28. The van der Waals surface area contributed by atoms with Crippen LogP contribution in [0.25, 0.3) is 5.69 Å². The second-order valence-electron chi connectivity index (χ2n) is 7.10. The first kappa shape index (κ1) is 23.6. The quantitative estimate of drug-likeness (QED) is 0.237. The molecule has 0 saturated carbocycles. The number of aromatic nitrogens is 3. The number of aliphatic hydroxyl groups is 1. The highest BCUT2D eigenvalue weighted by Gasteiger charge is 2.36. The molecule has 0 saturated heterocycles. The third kappa shape index (κ3) is 5.08. The number of para-hydroxylation sites is 1. The maximum absolute atomic E-state index is 13.0. The summed E-state index contributed by atoms with van der Waals surface area (Å²) in [6.07, 6.45) is 1.45. The van der Waals surface area contributed by atoms with Gasteiger partial charge in [-0.2, -0.15) is 0 Å². The molecule has 0 unspecified atom stereocenters. The molecule has 1 aromatic carbocycles. The highest BCUT2D eigenvalue weighted by atomic mass is 16.3. The highest BCUT2D eigenvalue weighted by Crippen LogP contribution is 2.14. The van der Waals surface area contributed by atoms with Crippen LogP contribution < -0.4 is 27.4 Å². The Morgan fingerprint density at radius 1 is 1.15 bits per heavy atom. The van der Waals surface area contributed by atoms with Gasteiger partial charge < -0.3 is 32.5 Å². The van der Waals surface area contributed by atoms with E-state index in [1.165, 1.54) is 16.9 Å². The average Bonchev–Trinajstić information content (AvgIpc) is 3.31. The molecule has 33 heavy (non-hydrogen) atoms. The van der Waals surface area contributed by atoms with Crippen LogP contribution in [-0.4, -0.2) is 80.7 Å². The number of hydrogen-bond donors (Lipinski definition) is 6. The first-order chi connectivity index (χ1) is 15.8. The van der Waals surface area contributed by atoms with Gasteiger partial charge in [-0.15, -0.1) is 5.10 Å². The summed E-state index contributed by atoms with van der Waals surface area (Å²) in [4.78, 5) is 63.4. The lowest BCUT2D eigenvalue weighted by molar-refractivity contribution is -0.139. The van der Waals surface area contributed by atoms with Crippen molar-refractivity contribution in [2.24, 2.45) is 11.5 Å². The summed E-state index contributed by atoms with van der Waals surface area (Å²) in [5.74, 6) is -4.79. The standard InChI is InChI=1S/C19H22N8O6/c20-5-13(29)14-19(33)24-15(16(30)11(21)8-28)18(32)22-6-9-7-27(26-25-9)12-4-2-1-3-10(12)17(31)23-14/h1-4,7,11,14-15,28H,5-6,8,20-21H2,(H,22,32)(H,23,31)(H,24,33)/t11-,14-,15-/m0/s1. The van der Waals surface area contributed by atoms with Gasteiger partial charge in [0.25, 0.3) is 17.7 Å². The lowest BCUT2D eigenvalue weighted by atomic mass is 10.0. The molecule has 8 N–H and O–H groups in total. The minimum Gasteiger partial charge on any atom is -0.394 e. The van der Waals surface area contributed by atoms with E-state index >= 15 is 0 Å². The first-order valence-electron chi connectivity index (χ1n) is 9.79. The highest BCUT2D eigenvalue weighted by molar-refractivity contribution is 6.15. The van der Waals surface area contributed by atoms with E-state index in [0.717, 1.165) is 0 Å². The number of nitrogens with one attached hydrogen (secondary N) is 3. The minimum absolute atomic E-state index is 0.0765. The molecular weight excluding hydrogens is 436 g/mol. The molecule has 14 heteroatoms. The van der Waals surface area contributed by atoms with Crippen LogP contribution in [0.4, 0.5) is 0 Å². The molecule has 2 heterocycles. The molecule has 2 aromatic rings. The summed E-state index contributed by atoms with van der Waals surface area (Å²) in [7, 11) is 0. The van der Waals surface area contributed by atoms with Crippen molar-refractivity contribution in [3.8, 4) is 5.69 Å². The normalized spacial score (nSPS) is 19.9. The molecule has 3 amide bonds. The number of carbonyl (C=O) groups excluding carboxylic acids is 5. The van der Waals surface area contributed by atoms with Crippen molar-refractivity contribution in [2.45, 2.75) is 24.7 Å². The fraction of sp³-hybridized carbons (Fsp3) is 0.316. The summed E-state index contributed by atoms with van der Waals surface area (Å²) >= 11 is 0. The third-order valence-electron chi connectivity index (χ3n) is 4.84. The number of fused-ring (bicyclic) bond motifs is 4. The average molecular weight is 458 g/mol. The monoisotopic (exact) mass is 458 g/mol. The summed E-state index contributed by atoms with van der Waals surface area (Å²) in [6.45, 7) is -1.56. The fourth-order valence-corrected chi connectivity index (χ4v) is 3.06. The van der Waals surface area contributed by atoms with Gasteiger partial charge in [0.05, 0.1) is 43.2 Å². The Bertz CT molecular complexity index is 1100. The smallest absolute Gasteiger partial charge is 0.254 e. The molecule has 174 valence electrons. The number of amides is 3. The molecule has 0 fully saturated rings. The van der Waals surface area contributed by atoms with Gasteiger partial charge in [-0.1, -0.05) is 17.3 Å². The van der Waals surface area contributed by atoms with Crippen LogP contribution in [-0.2, 0) is 25.7 Å². The molecule has 3 rings (SSSR count). The zero-order valence-electron chi connectivity index (χ0n) is 17.2. The molecule has 0 aliphatic carbocycles. The van der Waals surface area contributed by atoms with Crippen molar-refractivity contribution in [1.29, 1.82) is 0 Å². The van der Waals surface area contributed by atoms with Gasteiger partial charge in [0.15, 0.2) is 23.7 Å². The van der Waals surface area contributed by atoms with Crippen LogP contribution in [0.2, 0.25) is 0 Å². The van der Waals surface area contributed by atoms with Gasteiger partial charge in [-0.3, -0.25) is 24.0 Å². The number of carbonyl (C=O) groups is 5. The van der Waals surface area contributed by atoms with Crippen molar-refractivity contribution in [2.75, 3.05) is 13.2 Å². The van der Waals surface area contributed by atoms with E-state index in [0.29, 0.717) is 5.69 Å². The molecule has 1 aromatic heterocycles. The van der Waals surface area contributed by atoms with Crippen molar-refractivity contribution < 1.29 is 29.1 Å². The van der Waals surface area contributed by atoms with E-state index in [2.05, 4.69) is 26.3 Å². The van der Waals surface area contributed by atoms with Gasteiger partial charge in [0, 0.05) is 0 Å². The zero-order chi connectivity index (χ0) is 24.1. The number of nitrogens with zero attached hydrogens (tertiary/aromatic N) is 3. The second kappa shape index (κ2) is 10.1. The molecule has 3 atom stereocenters. The Labute approximate surface area is 186 Å². The van der Waals surface area contributed by atoms with Crippen molar-refractivity contribution >= 4 is 29.3 Å². The van der Waals surface area contributed by atoms with Crippen LogP contribution in [0, 0.1) is 0 Å². The largest absolute Gasteiger partial charge is 0.394 e. The van der Waals surface area contributed by atoms with Crippen LogP contribution in [0.15, 0.2) is 30.5 Å². The van der Waals surface area contributed by atoms with E-state index in [1.807, 2.05) is 0 Å². The van der Waals surface area contributed by atoms with Gasteiger partial charge >= 0.3 is 0 Å². The van der Waals surface area contributed by atoms with E-state index in [1.54, 1.807) is 18.2 Å². The Morgan fingerprint density at radius 3 is 2.58 bits per heavy atom. The molecule has 0 spiro atoms. The number of aliphatic hydroxyl groups excluding tert-OH is 1. The zero-order valence-corrected chi connectivity index (χ0v) is 17.2. The van der Waals surface area contributed by atoms with Crippen LogP contribution in [0.1, 0.15) is 16.1 Å². The summed E-state index contributed by atoms with van der Waals surface area (Å²) in [5.41, 5.74) is 11.6. The van der Waals surface area contributed by atoms with Crippen LogP contribution in [0.3, 0.4) is 0 Å². The van der Waals surface area contributed by atoms with E-state index in [-0.39, 0.29) is 17.8 Å². The third-order valence-corrected chi connectivity index (χ3v) is 4.84. The number of hydrogen-bond acceptors (Lipinski definition) is 10. The maximum atomic E-state index is 13.0. The predicted octanol–water partition coefficient (Wildman–Crippen LogP) is -4.10. The van der Waals surface area contributed by atoms with Crippen LogP contribution in [0.5, 0.6) is 0 Å². The number of Topliss-reactive ketones (excluding diaryl/α,β-unsaturated/α-hetero) is 2. The molecule has 1 aliphatic rings. The number of benzene rings is 1. The lowest BCUT2D eigenvalue weighted by Gasteiger charge is -2.23. The summed E-state index contributed by atoms with van der Waals surface area (Å²) in [5, 5.41) is 23.9. The predicted molar refractivity (Wildman–Crippen MR) is 111 cm³/mol. The Hall–Kier alpha value is -4.01. The fourth-order valence-electron chi connectivity index (χ4n) is 3.06. The molecule has 0 radical (unpaired) electrons. The minimum atomic E-state index is -1.85. The SMILES string of the molecule is NCC(=O)[C@@H]1NC(=O)c2ccccc2-n2cc(nn2)CNC(=O)[C@H](C(=O)[C@@H](N)CO)NC1=O. The van der Waals surface area contributed by atoms with E-state index in [4.69, 9.17) is 11.5 Å². The Morgan fingerprint density at radius 2 is 1.88 bits per heavy atom. The van der Waals surface area contributed by atoms with E-state index in [9.17, 15) is 29.1 Å². The molecule has 14 nitrogen and oxygen atoms in total. The van der Waals surface area contributed by atoms with Crippen LogP contribution >= 0.6 is 0 Å². The van der Waals surface area contributed by atoms with Crippen molar-refractivity contribution in [3.63, 3.8) is 0 Å². The number of ketones is 2. The molecular formula is C19H22N8O6. The van der Waals surface area contributed by atoms with Gasteiger partial charge in [-0.05, 0) is 12.1 Å². The van der Waals surface area contributed by atoms with Gasteiger partial charge in [0.2, 0.25) is 0 Å². The Balaban J connectivity index is 2.07. The lowest BCUT2D eigenvalue weighted by Crippen LogP contribution is -2.61. The molecule has 1 aliphatic heterocycles. The molecule has 2 bridgehead atoms. The number of rotatable bonds is 5. The van der Waals surface area contributed by atoms with Gasteiger partial charge in [0.1, 0.15) is 5.69 Å². The Kier molecular flexibility index (Phi) is 7.22. The summed E-state index contributed by atoms with van der Waals surface area (Å²) in [6, 6.07) is 1.11. The van der Waals surface area contributed by atoms with E-state index < -0.39 is 60.6 Å². The number of nitrogens with two attached hydrogens (primary N) is 2. The topological polar surface area (TPSA) is 224 Å². The first-order valence-corrected chi connectivity index (χ1v) is 9.79. The van der Waals surface area contributed by atoms with Crippen molar-refractivity contribution in [3.05, 3.63) is 41.7 Å². The van der Waals surface area contributed by atoms with Crippen molar-refractivity contribution in [1.82, 2.24) is 30.9 Å². The maximum Gasteiger partial charge on any atom is 0.254 e.